The third kappa shape index (κ3) is 0.954. The molecule has 0 radical (unpaired) electrons. The number of nitrogens with zero attached hydrogens (tertiary/aromatic N) is 2. The summed E-state index contributed by atoms with van der Waals surface area (Å²) in [6.45, 7) is 1.97. The van der Waals surface area contributed by atoms with Gasteiger partial charge in [-0.25, -0.2) is 4.98 Å². The van der Waals surface area contributed by atoms with E-state index in [1.165, 1.54) is 0 Å². The summed E-state index contributed by atoms with van der Waals surface area (Å²) in [5, 5.41) is 8.65. The summed E-state index contributed by atoms with van der Waals surface area (Å²) in [5.74, 6) is 0.715. The molecule has 0 fully saturated rings. The van der Waals surface area contributed by atoms with Crippen LogP contribution in [0.1, 0.15) is 11.5 Å². The van der Waals surface area contributed by atoms with Crippen LogP contribution in [0.15, 0.2) is 6.20 Å². The van der Waals surface area contributed by atoms with E-state index in [0.717, 1.165) is 5.69 Å². The Kier molecular flexibility index (Phi) is 1.53. The van der Waals surface area contributed by atoms with E-state index in [9.17, 15) is 0 Å². The molecule has 3 nitrogen and oxygen atoms in total. The van der Waals surface area contributed by atoms with Gasteiger partial charge in [0, 0.05) is 18.9 Å². The predicted octanol–water partition coefficient (Wildman–Crippen LogP) is 0.221. The Morgan fingerprint density at radius 2 is 2.44 bits per heavy atom. The minimum absolute atomic E-state index is 0.0182. The highest BCUT2D eigenvalue weighted by Crippen LogP contribution is 1.99. The zero-order valence-corrected chi connectivity index (χ0v) is 5.63. The monoisotopic (exact) mass is 126 g/mol. The molecule has 1 N–H and O–H groups in total. The lowest BCUT2D eigenvalue weighted by atomic mass is 10.5. The summed E-state index contributed by atoms with van der Waals surface area (Å²) >= 11 is 0. The van der Waals surface area contributed by atoms with Crippen LogP contribution in [0.4, 0.5) is 0 Å². The Hall–Kier alpha value is -0.830. The molecule has 1 heterocycles. The molecule has 0 aliphatic rings. The van der Waals surface area contributed by atoms with Crippen LogP contribution in [0.5, 0.6) is 0 Å². The second-order valence-corrected chi connectivity index (χ2v) is 2.03. The molecule has 1 aromatic rings. The van der Waals surface area contributed by atoms with Crippen LogP contribution >= 0.6 is 0 Å². The van der Waals surface area contributed by atoms with Crippen molar-refractivity contribution in [1.29, 1.82) is 0 Å². The molecule has 0 aliphatic carbocycles. The number of aromatic nitrogens is 2. The number of hydrogen-bond donors (Lipinski definition) is 1. The molecule has 0 spiro atoms. The number of hydrogen-bond acceptors (Lipinski definition) is 2. The molecule has 0 aromatic carbocycles. The highest BCUT2D eigenvalue weighted by Gasteiger charge is 1.98. The van der Waals surface area contributed by atoms with Gasteiger partial charge in [-0.05, 0) is 6.92 Å². The van der Waals surface area contributed by atoms with Crippen LogP contribution in [0, 0.1) is 6.92 Å². The number of rotatable bonds is 1. The summed E-state index contributed by atoms with van der Waals surface area (Å²) in [6.07, 6.45) is 1.74. The van der Waals surface area contributed by atoms with Crippen molar-refractivity contribution in [2.45, 2.75) is 13.5 Å². The Balaban J connectivity index is 3.04. The fraction of sp³-hybridized carbons (Fsp3) is 0.500. The standard InChI is InChI=1S/C6H10N2O/c1-5-3-7-6(4-9)8(5)2/h3,9H,4H2,1-2H3. The van der Waals surface area contributed by atoms with E-state index in [1.54, 1.807) is 6.20 Å². The van der Waals surface area contributed by atoms with E-state index in [0.29, 0.717) is 5.82 Å². The lowest BCUT2D eigenvalue weighted by Gasteiger charge is -1.96. The molecule has 0 saturated heterocycles. The largest absolute Gasteiger partial charge is 0.388 e. The normalized spacial score (nSPS) is 10.1. The topological polar surface area (TPSA) is 38.1 Å². The molecular formula is C6H10N2O. The summed E-state index contributed by atoms with van der Waals surface area (Å²) in [4.78, 5) is 3.95. The summed E-state index contributed by atoms with van der Waals surface area (Å²) in [6, 6.07) is 0. The number of aliphatic hydroxyl groups is 1. The average molecular weight is 126 g/mol. The van der Waals surface area contributed by atoms with Crippen molar-refractivity contribution in [2.75, 3.05) is 0 Å². The number of aliphatic hydroxyl groups excluding tert-OH is 1. The molecule has 0 amide bonds. The van der Waals surface area contributed by atoms with Gasteiger partial charge in [-0.1, -0.05) is 0 Å². The molecule has 0 aliphatic heterocycles. The second kappa shape index (κ2) is 2.19. The molecule has 0 bridgehead atoms. The van der Waals surface area contributed by atoms with Gasteiger partial charge >= 0.3 is 0 Å². The Morgan fingerprint density at radius 3 is 2.67 bits per heavy atom. The van der Waals surface area contributed by atoms with Crippen molar-refractivity contribution in [3.8, 4) is 0 Å². The van der Waals surface area contributed by atoms with Gasteiger partial charge in [0.25, 0.3) is 0 Å². The fourth-order valence-electron chi connectivity index (χ4n) is 0.692. The lowest BCUT2D eigenvalue weighted by molar-refractivity contribution is 0.267. The van der Waals surface area contributed by atoms with E-state index in [-0.39, 0.29) is 6.61 Å². The molecule has 0 atom stereocenters. The van der Waals surface area contributed by atoms with Crippen molar-refractivity contribution in [1.82, 2.24) is 9.55 Å². The Labute approximate surface area is 54.0 Å². The van der Waals surface area contributed by atoms with Crippen molar-refractivity contribution in [2.24, 2.45) is 7.05 Å². The maximum Gasteiger partial charge on any atom is 0.134 e. The number of aryl methyl sites for hydroxylation is 1. The van der Waals surface area contributed by atoms with Crippen LogP contribution in [-0.4, -0.2) is 14.7 Å². The van der Waals surface area contributed by atoms with Gasteiger partial charge in [-0.2, -0.15) is 0 Å². The van der Waals surface area contributed by atoms with E-state index in [2.05, 4.69) is 4.98 Å². The van der Waals surface area contributed by atoms with E-state index in [1.807, 2.05) is 18.5 Å². The molecule has 1 aromatic heterocycles. The van der Waals surface area contributed by atoms with E-state index < -0.39 is 0 Å². The molecule has 1 rings (SSSR count). The predicted molar refractivity (Wildman–Crippen MR) is 33.9 cm³/mol. The van der Waals surface area contributed by atoms with Gasteiger partial charge in [0.2, 0.25) is 0 Å². The van der Waals surface area contributed by atoms with Crippen LogP contribution in [0.2, 0.25) is 0 Å². The van der Waals surface area contributed by atoms with Crippen molar-refractivity contribution in [3.05, 3.63) is 17.7 Å². The average Bonchev–Trinajstić information content (AvgIpc) is 2.15. The maximum absolute atomic E-state index is 8.65. The van der Waals surface area contributed by atoms with Crippen molar-refractivity contribution < 1.29 is 5.11 Å². The Morgan fingerprint density at radius 1 is 1.78 bits per heavy atom. The molecule has 0 unspecified atom stereocenters. The third-order valence-corrected chi connectivity index (χ3v) is 1.46. The SMILES string of the molecule is Cc1cnc(CO)n1C. The van der Waals surface area contributed by atoms with Crippen LogP contribution in [0.3, 0.4) is 0 Å². The van der Waals surface area contributed by atoms with Crippen molar-refractivity contribution >= 4 is 0 Å². The number of imidazole rings is 1. The fourth-order valence-corrected chi connectivity index (χ4v) is 0.692. The molecular weight excluding hydrogens is 116 g/mol. The smallest absolute Gasteiger partial charge is 0.134 e. The molecule has 3 heteroatoms. The zero-order valence-electron chi connectivity index (χ0n) is 5.63. The summed E-state index contributed by atoms with van der Waals surface area (Å²) in [7, 11) is 1.88. The van der Waals surface area contributed by atoms with Gasteiger partial charge in [-0.15, -0.1) is 0 Å². The second-order valence-electron chi connectivity index (χ2n) is 2.03. The Bertz CT molecular complexity index is 205. The maximum atomic E-state index is 8.65. The van der Waals surface area contributed by atoms with Gasteiger partial charge in [0.05, 0.1) is 0 Å². The third-order valence-electron chi connectivity index (χ3n) is 1.46. The first-order chi connectivity index (χ1) is 4.25. The molecule has 9 heavy (non-hydrogen) atoms. The highest BCUT2D eigenvalue weighted by atomic mass is 16.3. The van der Waals surface area contributed by atoms with Crippen LogP contribution < -0.4 is 0 Å². The first kappa shape index (κ1) is 6.29. The minimum Gasteiger partial charge on any atom is -0.388 e. The molecule has 50 valence electrons. The van der Waals surface area contributed by atoms with Crippen LogP contribution in [0.25, 0.3) is 0 Å². The first-order valence-corrected chi connectivity index (χ1v) is 2.83. The quantitative estimate of drug-likeness (QED) is 0.584. The van der Waals surface area contributed by atoms with Crippen molar-refractivity contribution in [3.63, 3.8) is 0 Å². The van der Waals surface area contributed by atoms with E-state index in [4.69, 9.17) is 5.11 Å². The van der Waals surface area contributed by atoms with Gasteiger partial charge < -0.3 is 9.67 Å². The van der Waals surface area contributed by atoms with Gasteiger partial charge in [0.1, 0.15) is 12.4 Å². The summed E-state index contributed by atoms with van der Waals surface area (Å²) in [5.41, 5.74) is 1.07. The van der Waals surface area contributed by atoms with E-state index >= 15 is 0 Å². The van der Waals surface area contributed by atoms with Gasteiger partial charge in [-0.3, -0.25) is 0 Å². The van der Waals surface area contributed by atoms with Gasteiger partial charge in [0.15, 0.2) is 0 Å². The summed E-state index contributed by atoms with van der Waals surface area (Å²) < 4.78 is 1.86. The minimum atomic E-state index is 0.0182. The highest BCUT2D eigenvalue weighted by molar-refractivity contribution is 5.00. The zero-order chi connectivity index (χ0) is 6.85. The lowest BCUT2D eigenvalue weighted by Crippen LogP contribution is -1.98. The molecule has 0 saturated carbocycles. The van der Waals surface area contributed by atoms with Crippen LogP contribution in [-0.2, 0) is 13.7 Å². The first-order valence-electron chi connectivity index (χ1n) is 2.83.